The maximum Gasteiger partial charge on any atom is 0.0575 e. The Bertz CT molecular complexity index is 499. The summed E-state index contributed by atoms with van der Waals surface area (Å²) in [6.07, 6.45) is 40.2. The predicted octanol–water partition coefficient (Wildman–Crippen LogP) is 10.5. The SMILES string of the molecule is [CH](CCCCOC1CCCCCCC1)C(CCCCOC1CCCCCCC1)COC1CCCCCCC1. The molecule has 0 amide bonds. The normalized spacial score (nSPS) is 23.1. The molecule has 38 heavy (non-hydrogen) atoms. The molecule has 0 bridgehead atoms. The third kappa shape index (κ3) is 16.2. The second-order valence-electron chi connectivity index (χ2n) is 13.0. The van der Waals surface area contributed by atoms with Crippen molar-refractivity contribution in [3.63, 3.8) is 0 Å². The minimum absolute atomic E-state index is 0.506. The molecular formula is C35H65O3. The van der Waals surface area contributed by atoms with Gasteiger partial charge in [-0.2, -0.15) is 0 Å². The van der Waals surface area contributed by atoms with Crippen LogP contribution in [0.25, 0.3) is 0 Å². The molecule has 1 atom stereocenters. The third-order valence-corrected chi connectivity index (χ3v) is 9.48. The second-order valence-corrected chi connectivity index (χ2v) is 13.0. The van der Waals surface area contributed by atoms with Gasteiger partial charge in [-0.05, 0) is 76.5 Å². The molecule has 1 radical (unpaired) electrons. The van der Waals surface area contributed by atoms with Crippen LogP contribution >= 0.6 is 0 Å². The van der Waals surface area contributed by atoms with Gasteiger partial charge in [0.25, 0.3) is 0 Å². The van der Waals surface area contributed by atoms with E-state index in [1.54, 1.807) is 0 Å². The molecule has 3 rings (SSSR count). The van der Waals surface area contributed by atoms with Gasteiger partial charge in [-0.25, -0.2) is 0 Å². The maximum absolute atomic E-state index is 6.55. The lowest BCUT2D eigenvalue weighted by molar-refractivity contribution is 0.0143. The summed E-state index contributed by atoms with van der Waals surface area (Å²) in [5.74, 6) is 0.605. The first-order chi connectivity index (χ1) is 18.9. The molecule has 3 saturated carbocycles. The second kappa shape index (κ2) is 22.6. The smallest absolute Gasteiger partial charge is 0.0575 e. The van der Waals surface area contributed by atoms with Gasteiger partial charge in [0, 0.05) is 13.2 Å². The summed E-state index contributed by atoms with van der Waals surface area (Å²) in [7, 11) is 0. The van der Waals surface area contributed by atoms with E-state index in [9.17, 15) is 0 Å². The van der Waals surface area contributed by atoms with Crippen LogP contribution in [0.5, 0.6) is 0 Å². The van der Waals surface area contributed by atoms with Crippen molar-refractivity contribution in [1.29, 1.82) is 0 Å². The zero-order chi connectivity index (χ0) is 26.4. The van der Waals surface area contributed by atoms with Gasteiger partial charge in [-0.3, -0.25) is 0 Å². The molecule has 1 unspecified atom stereocenters. The zero-order valence-corrected chi connectivity index (χ0v) is 25.3. The van der Waals surface area contributed by atoms with Crippen molar-refractivity contribution in [2.45, 2.75) is 192 Å². The van der Waals surface area contributed by atoms with E-state index >= 15 is 0 Å². The molecule has 0 N–H and O–H groups in total. The van der Waals surface area contributed by atoms with Crippen LogP contribution in [0, 0.1) is 12.3 Å². The topological polar surface area (TPSA) is 27.7 Å². The molecule has 0 aromatic carbocycles. The van der Waals surface area contributed by atoms with Gasteiger partial charge in [0.15, 0.2) is 0 Å². The molecule has 223 valence electrons. The van der Waals surface area contributed by atoms with Crippen molar-refractivity contribution in [3.05, 3.63) is 6.42 Å². The average Bonchev–Trinajstić information content (AvgIpc) is 2.86. The highest BCUT2D eigenvalue weighted by Crippen LogP contribution is 2.24. The highest BCUT2D eigenvalue weighted by atomic mass is 16.5. The lowest BCUT2D eigenvalue weighted by Crippen LogP contribution is -2.20. The Morgan fingerprint density at radius 2 is 0.842 bits per heavy atom. The molecule has 0 spiro atoms. The molecule has 0 aliphatic heterocycles. The fraction of sp³-hybridized carbons (Fsp3) is 0.971. The molecule has 3 aliphatic carbocycles. The number of ether oxygens (including phenoxy) is 3. The Balaban J connectivity index is 1.29. The summed E-state index contributed by atoms with van der Waals surface area (Å²) in [6, 6.07) is 0. The summed E-state index contributed by atoms with van der Waals surface area (Å²) in [5, 5.41) is 0. The monoisotopic (exact) mass is 533 g/mol. The zero-order valence-electron chi connectivity index (χ0n) is 25.3. The Kier molecular flexibility index (Phi) is 19.2. The Hall–Kier alpha value is -0.120. The molecule has 0 aromatic rings. The van der Waals surface area contributed by atoms with Gasteiger partial charge in [-0.15, -0.1) is 0 Å². The summed E-state index contributed by atoms with van der Waals surface area (Å²) in [6.45, 7) is 2.85. The molecular weight excluding hydrogens is 468 g/mol. The molecule has 0 heterocycles. The van der Waals surface area contributed by atoms with Crippen molar-refractivity contribution >= 4 is 0 Å². The van der Waals surface area contributed by atoms with E-state index in [-0.39, 0.29) is 0 Å². The van der Waals surface area contributed by atoms with E-state index in [0.29, 0.717) is 24.2 Å². The summed E-state index contributed by atoms with van der Waals surface area (Å²) < 4.78 is 19.1. The maximum atomic E-state index is 6.55. The predicted molar refractivity (Wildman–Crippen MR) is 162 cm³/mol. The summed E-state index contributed by atoms with van der Waals surface area (Å²) >= 11 is 0. The molecule has 0 saturated heterocycles. The number of rotatable bonds is 16. The van der Waals surface area contributed by atoms with Crippen molar-refractivity contribution in [2.24, 2.45) is 5.92 Å². The third-order valence-electron chi connectivity index (χ3n) is 9.48. The first kappa shape index (κ1) is 32.4. The van der Waals surface area contributed by atoms with E-state index < -0.39 is 0 Å². The minimum atomic E-state index is 0.506. The van der Waals surface area contributed by atoms with Crippen LogP contribution < -0.4 is 0 Å². The average molecular weight is 534 g/mol. The molecule has 3 nitrogen and oxygen atoms in total. The minimum Gasteiger partial charge on any atom is -0.378 e. The molecule has 3 heteroatoms. The van der Waals surface area contributed by atoms with E-state index in [1.165, 1.54) is 173 Å². The van der Waals surface area contributed by atoms with Gasteiger partial charge in [0.2, 0.25) is 0 Å². The highest BCUT2D eigenvalue weighted by Gasteiger charge is 2.17. The first-order valence-electron chi connectivity index (χ1n) is 17.6. The largest absolute Gasteiger partial charge is 0.378 e. The van der Waals surface area contributed by atoms with Crippen LogP contribution in [-0.4, -0.2) is 38.1 Å². The summed E-state index contributed by atoms with van der Waals surface area (Å²) in [5.41, 5.74) is 0. The first-order valence-corrected chi connectivity index (χ1v) is 17.6. The van der Waals surface area contributed by atoms with E-state index in [2.05, 4.69) is 6.42 Å². The lowest BCUT2D eigenvalue weighted by atomic mass is 9.95. The highest BCUT2D eigenvalue weighted by molar-refractivity contribution is 4.78. The fourth-order valence-corrected chi connectivity index (χ4v) is 6.89. The van der Waals surface area contributed by atoms with Crippen molar-refractivity contribution in [2.75, 3.05) is 19.8 Å². The van der Waals surface area contributed by atoms with Gasteiger partial charge < -0.3 is 14.2 Å². The lowest BCUT2D eigenvalue weighted by Gasteiger charge is -2.24. The Labute approximate surface area is 237 Å². The number of hydrogen-bond donors (Lipinski definition) is 0. The van der Waals surface area contributed by atoms with Crippen molar-refractivity contribution in [1.82, 2.24) is 0 Å². The van der Waals surface area contributed by atoms with E-state index in [4.69, 9.17) is 14.2 Å². The van der Waals surface area contributed by atoms with Gasteiger partial charge in [-0.1, -0.05) is 109 Å². The molecule has 3 fully saturated rings. The van der Waals surface area contributed by atoms with Crippen LogP contribution in [0.4, 0.5) is 0 Å². The quantitative estimate of drug-likeness (QED) is 0.185. The van der Waals surface area contributed by atoms with E-state index in [1.807, 2.05) is 0 Å². The van der Waals surface area contributed by atoms with Crippen LogP contribution in [0.2, 0.25) is 0 Å². The van der Waals surface area contributed by atoms with Crippen LogP contribution in [0.15, 0.2) is 0 Å². The fourth-order valence-electron chi connectivity index (χ4n) is 6.89. The van der Waals surface area contributed by atoms with Crippen LogP contribution in [-0.2, 0) is 14.2 Å². The van der Waals surface area contributed by atoms with Gasteiger partial charge in [0.1, 0.15) is 0 Å². The number of unbranched alkanes of at least 4 members (excludes halogenated alkanes) is 3. The van der Waals surface area contributed by atoms with E-state index in [0.717, 1.165) is 19.8 Å². The Morgan fingerprint density at radius 3 is 1.32 bits per heavy atom. The standard InChI is InChI=1S/C35H65O3/c1-4-12-23-33(24-13-5-1)36-29-19-10-11-21-32(31-38-35-27-16-8-3-9-17-28-35)22-18-20-30-37-34-25-14-6-2-7-15-26-34/h21,32-35H,1-20,22-31H2. The molecule has 3 aliphatic rings. The van der Waals surface area contributed by atoms with Crippen LogP contribution in [0.3, 0.4) is 0 Å². The van der Waals surface area contributed by atoms with Crippen molar-refractivity contribution < 1.29 is 14.2 Å². The van der Waals surface area contributed by atoms with Gasteiger partial charge in [0.05, 0.1) is 24.9 Å². The van der Waals surface area contributed by atoms with Crippen molar-refractivity contribution in [3.8, 4) is 0 Å². The summed E-state index contributed by atoms with van der Waals surface area (Å²) in [4.78, 5) is 0. The Morgan fingerprint density at radius 1 is 0.447 bits per heavy atom. The molecule has 0 aromatic heterocycles. The van der Waals surface area contributed by atoms with Gasteiger partial charge >= 0.3 is 0 Å². The number of hydrogen-bond acceptors (Lipinski definition) is 3. The van der Waals surface area contributed by atoms with Crippen LogP contribution in [0.1, 0.15) is 173 Å².